The van der Waals surface area contributed by atoms with Crippen LogP contribution in [-0.2, 0) is 4.74 Å². The molecule has 3 saturated carbocycles. The summed E-state index contributed by atoms with van der Waals surface area (Å²) in [6.07, 6.45) is 21.0. The third kappa shape index (κ3) is 6.59. The monoisotopic (exact) mass is 514 g/mol. The fraction of sp³-hybridized carbons (Fsp3) is 0.909. The van der Waals surface area contributed by atoms with E-state index in [1.54, 1.807) is 5.57 Å². The lowest BCUT2D eigenvalue weighted by Crippen LogP contribution is -2.48. The van der Waals surface area contributed by atoms with Gasteiger partial charge in [0.15, 0.2) is 0 Å². The third-order valence-corrected chi connectivity index (χ3v) is 11.5. The molecule has 212 valence electrons. The van der Waals surface area contributed by atoms with Crippen LogP contribution >= 0.6 is 0 Å². The fourth-order valence-electron chi connectivity index (χ4n) is 9.21. The van der Waals surface area contributed by atoms with Crippen LogP contribution in [0, 0.1) is 40.4 Å². The Morgan fingerprint density at radius 3 is 2.62 bits per heavy atom. The molecule has 0 spiro atoms. The molecule has 3 fully saturated rings. The van der Waals surface area contributed by atoms with Crippen LogP contribution in [0.3, 0.4) is 0 Å². The van der Waals surface area contributed by atoms with Crippen molar-refractivity contribution in [2.45, 2.75) is 124 Å². The SMILES string of the molecule is CC(C)CCCCC[C@H]1CC[C@H]2[C@@H]3CC=C4CC[C@@H](OC(=O)NCCN(C)C)CC[C@]4(C)[C@H]3CC[C@]12C. The van der Waals surface area contributed by atoms with Crippen LogP contribution in [-0.4, -0.2) is 44.3 Å². The van der Waals surface area contributed by atoms with Gasteiger partial charge in [-0.3, -0.25) is 0 Å². The molecule has 0 heterocycles. The van der Waals surface area contributed by atoms with Gasteiger partial charge in [0.05, 0.1) is 0 Å². The average Bonchev–Trinajstić information content (AvgIpc) is 3.07. The predicted molar refractivity (Wildman–Crippen MR) is 155 cm³/mol. The van der Waals surface area contributed by atoms with Gasteiger partial charge < -0.3 is 15.0 Å². The van der Waals surface area contributed by atoms with E-state index in [1.165, 1.54) is 70.6 Å². The van der Waals surface area contributed by atoms with Crippen LogP contribution in [0.2, 0.25) is 0 Å². The molecule has 37 heavy (non-hydrogen) atoms. The lowest BCUT2D eigenvalue weighted by molar-refractivity contribution is -0.0392. The molecule has 0 aromatic rings. The van der Waals surface area contributed by atoms with Gasteiger partial charge in [0.25, 0.3) is 0 Å². The van der Waals surface area contributed by atoms with Crippen LogP contribution in [0.5, 0.6) is 0 Å². The number of carbonyl (C=O) groups is 1. The van der Waals surface area contributed by atoms with Crippen molar-refractivity contribution in [2.24, 2.45) is 40.4 Å². The molecule has 4 heteroatoms. The summed E-state index contributed by atoms with van der Waals surface area (Å²) in [5, 5.41) is 2.94. The standard InChI is InChI=1S/C33H58N2O2/c1-24(2)10-8-7-9-11-25-14-17-29-28-16-13-26-12-15-27(37-31(36)34-22-23-35(5)6)18-20-32(26,3)30(28)19-21-33(25,29)4/h13,24-25,27-30H,7-12,14-23H2,1-6H3,(H,34,36)/t25-,27+,28-,29-,30-,32-,33+/m0/s1. The van der Waals surface area contributed by atoms with Gasteiger partial charge in [-0.2, -0.15) is 0 Å². The van der Waals surface area contributed by atoms with Crippen molar-refractivity contribution < 1.29 is 9.53 Å². The zero-order valence-electron chi connectivity index (χ0n) is 25.1. The van der Waals surface area contributed by atoms with E-state index in [0.717, 1.165) is 55.4 Å². The molecule has 0 aromatic heterocycles. The number of rotatable bonds is 10. The molecule has 0 aromatic carbocycles. The number of alkyl carbamates (subject to hydrolysis) is 1. The molecule has 4 aliphatic rings. The van der Waals surface area contributed by atoms with Gasteiger partial charge in [-0.1, -0.05) is 65.0 Å². The Morgan fingerprint density at radius 2 is 1.86 bits per heavy atom. The number of hydrogen-bond acceptors (Lipinski definition) is 3. The number of amides is 1. The van der Waals surface area contributed by atoms with E-state index in [2.05, 4.69) is 44.0 Å². The molecule has 4 aliphatic carbocycles. The van der Waals surface area contributed by atoms with Crippen LogP contribution in [0.25, 0.3) is 0 Å². The van der Waals surface area contributed by atoms with Crippen molar-refractivity contribution >= 4 is 6.09 Å². The van der Waals surface area contributed by atoms with E-state index < -0.39 is 0 Å². The summed E-state index contributed by atoms with van der Waals surface area (Å²) >= 11 is 0. The first kappa shape index (κ1) is 29.0. The van der Waals surface area contributed by atoms with Crippen molar-refractivity contribution in [1.29, 1.82) is 0 Å². The topological polar surface area (TPSA) is 41.6 Å². The Balaban J connectivity index is 1.33. The lowest BCUT2D eigenvalue weighted by atomic mass is 9.48. The Labute approximate surface area is 228 Å². The van der Waals surface area contributed by atoms with Gasteiger partial charge in [-0.25, -0.2) is 4.79 Å². The fourth-order valence-corrected chi connectivity index (χ4v) is 9.21. The summed E-state index contributed by atoms with van der Waals surface area (Å²) in [7, 11) is 4.05. The maximum Gasteiger partial charge on any atom is 0.407 e. The average molecular weight is 515 g/mol. The van der Waals surface area contributed by atoms with Crippen molar-refractivity contribution in [3.05, 3.63) is 11.6 Å². The first-order chi connectivity index (χ1) is 17.6. The van der Waals surface area contributed by atoms with Crippen LogP contribution in [0.15, 0.2) is 11.6 Å². The maximum absolute atomic E-state index is 12.4. The predicted octanol–water partition coefficient (Wildman–Crippen LogP) is 8.22. The van der Waals surface area contributed by atoms with E-state index >= 15 is 0 Å². The molecule has 0 radical (unpaired) electrons. The van der Waals surface area contributed by atoms with Gasteiger partial charge in [-0.05, 0) is 119 Å². The minimum absolute atomic E-state index is 0.0570. The molecule has 0 aliphatic heterocycles. The second-order valence-corrected chi connectivity index (χ2v) is 14.4. The first-order valence-electron chi connectivity index (χ1n) is 15.9. The van der Waals surface area contributed by atoms with Gasteiger partial charge in [0, 0.05) is 13.1 Å². The molecule has 0 bridgehead atoms. The van der Waals surface area contributed by atoms with E-state index in [1.807, 2.05) is 14.1 Å². The van der Waals surface area contributed by atoms with Gasteiger partial charge in [0.2, 0.25) is 0 Å². The number of nitrogens with zero attached hydrogens (tertiary/aromatic N) is 1. The van der Waals surface area contributed by atoms with E-state index in [0.29, 0.717) is 17.4 Å². The van der Waals surface area contributed by atoms with Crippen LogP contribution < -0.4 is 5.32 Å². The Bertz CT molecular complexity index is 791. The highest BCUT2D eigenvalue weighted by atomic mass is 16.6. The largest absolute Gasteiger partial charge is 0.446 e. The first-order valence-corrected chi connectivity index (χ1v) is 15.9. The quantitative estimate of drug-likeness (QED) is 0.236. The van der Waals surface area contributed by atoms with Gasteiger partial charge in [0.1, 0.15) is 6.10 Å². The van der Waals surface area contributed by atoms with Crippen LogP contribution in [0.4, 0.5) is 4.79 Å². The normalized spacial score (nSPS) is 37.4. The number of carbonyl (C=O) groups excluding carboxylic acids is 1. The smallest absolute Gasteiger partial charge is 0.407 e. The molecule has 4 rings (SSSR count). The Morgan fingerprint density at radius 1 is 1.05 bits per heavy atom. The van der Waals surface area contributed by atoms with Crippen molar-refractivity contribution in [3.63, 3.8) is 0 Å². The van der Waals surface area contributed by atoms with Crippen molar-refractivity contribution in [1.82, 2.24) is 10.2 Å². The molecule has 1 amide bonds. The summed E-state index contributed by atoms with van der Waals surface area (Å²) in [6, 6.07) is 0. The molecule has 1 N–H and O–H groups in total. The summed E-state index contributed by atoms with van der Waals surface area (Å²) < 4.78 is 5.91. The maximum atomic E-state index is 12.4. The third-order valence-electron chi connectivity index (χ3n) is 11.5. The molecule has 4 nitrogen and oxygen atoms in total. The molecular formula is C33H58N2O2. The minimum atomic E-state index is -0.233. The van der Waals surface area contributed by atoms with Crippen molar-refractivity contribution in [3.8, 4) is 0 Å². The Hall–Kier alpha value is -1.03. The molecular weight excluding hydrogens is 456 g/mol. The Kier molecular flexibility index (Phi) is 9.73. The zero-order valence-corrected chi connectivity index (χ0v) is 25.1. The highest BCUT2D eigenvalue weighted by Crippen LogP contribution is 2.66. The number of nitrogens with one attached hydrogen (secondary N) is 1. The second kappa shape index (κ2) is 12.4. The number of likely N-dealkylation sites (N-methyl/N-ethyl adjacent to an activating group) is 1. The molecule has 0 saturated heterocycles. The van der Waals surface area contributed by atoms with Crippen molar-refractivity contribution in [2.75, 3.05) is 27.2 Å². The highest BCUT2D eigenvalue weighted by molar-refractivity contribution is 5.67. The van der Waals surface area contributed by atoms with E-state index in [4.69, 9.17) is 4.74 Å². The summed E-state index contributed by atoms with van der Waals surface area (Å²) in [4.78, 5) is 14.5. The molecule has 7 atom stereocenters. The second-order valence-electron chi connectivity index (χ2n) is 14.4. The number of hydrogen-bond donors (Lipinski definition) is 1. The number of allylic oxidation sites excluding steroid dienone is 2. The van der Waals surface area contributed by atoms with Gasteiger partial charge in [-0.15, -0.1) is 0 Å². The van der Waals surface area contributed by atoms with E-state index in [-0.39, 0.29) is 12.2 Å². The number of ether oxygens (including phenoxy) is 1. The van der Waals surface area contributed by atoms with Crippen LogP contribution in [0.1, 0.15) is 118 Å². The summed E-state index contributed by atoms with van der Waals surface area (Å²) in [6.45, 7) is 11.5. The zero-order chi connectivity index (χ0) is 26.6. The number of unbranched alkanes of at least 4 members (excludes halogenated alkanes) is 2. The van der Waals surface area contributed by atoms with Gasteiger partial charge >= 0.3 is 6.09 Å². The minimum Gasteiger partial charge on any atom is -0.446 e. The molecule has 0 unspecified atom stereocenters. The lowest BCUT2D eigenvalue weighted by Gasteiger charge is -2.56. The number of fused-ring (bicyclic) bond motifs is 5. The highest BCUT2D eigenvalue weighted by Gasteiger charge is 2.57. The summed E-state index contributed by atoms with van der Waals surface area (Å²) in [5.74, 6) is 4.41. The summed E-state index contributed by atoms with van der Waals surface area (Å²) in [5.41, 5.74) is 2.57. The van der Waals surface area contributed by atoms with E-state index in [9.17, 15) is 4.79 Å².